The monoisotopic (exact) mass is 365 g/mol. The lowest BCUT2D eigenvalue weighted by molar-refractivity contribution is -0.136. The van der Waals surface area contributed by atoms with Crippen molar-refractivity contribution in [3.8, 4) is 0 Å². The lowest BCUT2D eigenvalue weighted by atomic mass is 9.78. The van der Waals surface area contributed by atoms with E-state index in [1.807, 2.05) is 0 Å². The number of hydrogen-bond acceptors (Lipinski definition) is 4. The van der Waals surface area contributed by atoms with E-state index in [0.717, 1.165) is 13.2 Å². The van der Waals surface area contributed by atoms with E-state index >= 15 is 0 Å². The second-order valence-corrected chi connectivity index (χ2v) is 6.25. The molecule has 1 aliphatic carbocycles. The summed E-state index contributed by atoms with van der Waals surface area (Å²) in [5.74, 6) is -2.93. The molecule has 0 spiro atoms. The van der Waals surface area contributed by atoms with Crippen molar-refractivity contribution in [2.75, 3.05) is 13.8 Å². The molecule has 0 saturated heterocycles. The van der Waals surface area contributed by atoms with Crippen LogP contribution in [0.4, 0.5) is 13.2 Å². The number of alkyl halides is 2. The highest BCUT2D eigenvalue weighted by Crippen LogP contribution is 2.46. The van der Waals surface area contributed by atoms with Crippen LogP contribution in [0.3, 0.4) is 0 Å². The van der Waals surface area contributed by atoms with Crippen LogP contribution in [0.25, 0.3) is 0 Å². The molecule has 1 heterocycles. The van der Waals surface area contributed by atoms with Crippen molar-refractivity contribution in [2.45, 2.75) is 31.9 Å². The van der Waals surface area contributed by atoms with Gasteiger partial charge in [-0.2, -0.15) is 0 Å². The van der Waals surface area contributed by atoms with Crippen molar-refractivity contribution in [3.63, 3.8) is 0 Å². The van der Waals surface area contributed by atoms with Gasteiger partial charge in [0.25, 0.3) is 0 Å². The van der Waals surface area contributed by atoms with Crippen molar-refractivity contribution in [2.24, 2.45) is 0 Å². The molecular weight excluding hydrogens is 347 g/mol. The predicted octanol–water partition coefficient (Wildman–Crippen LogP) is 3.56. The van der Waals surface area contributed by atoms with Gasteiger partial charge in [-0.05, 0) is 25.0 Å². The first-order chi connectivity index (χ1) is 12.4. The number of methoxy groups -OCH3 is 1. The molecule has 0 fully saturated rings. The Hall–Kier alpha value is -2.57. The number of carbonyl (C=O) groups excluding carboxylic acids is 2. The van der Waals surface area contributed by atoms with Crippen LogP contribution < -0.4 is 5.32 Å². The molecule has 1 aromatic rings. The first kappa shape index (κ1) is 18.2. The number of allylic oxidation sites excluding steroid dienone is 3. The number of benzene rings is 1. The van der Waals surface area contributed by atoms with Gasteiger partial charge in [0.1, 0.15) is 18.7 Å². The molecule has 0 saturated carbocycles. The quantitative estimate of drug-likeness (QED) is 0.829. The summed E-state index contributed by atoms with van der Waals surface area (Å²) in [5.41, 5.74) is 0.451. The van der Waals surface area contributed by atoms with Gasteiger partial charge < -0.3 is 10.1 Å². The lowest BCUT2D eigenvalue weighted by Gasteiger charge is -2.30. The molecule has 0 bridgehead atoms. The van der Waals surface area contributed by atoms with Gasteiger partial charge in [-0.1, -0.05) is 12.1 Å². The van der Waals surface area contributed by atoms with Crippen LogP contribution in [-0.4, -0.2) is 25.5 Å². The molecule has 2 aliphatic rings. The number of ketones is 1. The minimum Gasteiger partial charge on any atom is -0.466 e. The van der Waals surface area contributed by atoms with Crippen molar-refractivity contribution in [1.82, 2.24) is 5.32 Å². The number of hydrogen-bond donors (Lipinski definition) is 1. The second kappa shape index (κ2) is 6.97. The number of Topliss-reactive ketones (excluding diaryl/α,β-unsaturated/α-hetero) is 1. The van der Waals surface area contributed by atoms with E-state index in [0.29, 0.717) is 12.1 Å². The molecule has 4 nitrogen and oxygen atoms in total. The van der Waals surface area contributed by atoms with E-state index in [2.05, 4.69) is 5.32 Å². The Balaban J connectivity index is 2.31. The van der Waals surface area contributed by atoms with Gasteiger partial charge in [-0.3, -0.25) is 4.79 Å². The maximum atomic E-state index is 14.3. The molecule has 26 heavy (non-hydrogen) atoms. The molecule has 138 valence electrons. The average Bonchev–Trinajstić information content (AvgIpc) is 2.99. The molecule has 0 radical (unpaired) electrons. The fourth-order valence-electron chi connectivity index (χ4n) is 3.70. The van der Waals surface area contributed by atoms with Crippen LogP contribution >= 0.6 is 0 Å². The highest BCUT2D eigenvalue weighted by molar-refractivity contribution is 6.05. The van der Waals surface area contributed by atoms with Gasteiger partial charge in [0.2, 0.25) is 0 Å². The standard InChI is InChI=1S/C19H18F3NO3/c1-9(21)15-10(4-3-5-11(15)22)16-17-12(6-7-14(17)24)23-13(8-20)18(16)19(25)26-2/h3-5,9,16,23H,6-8H2,1-2H3/t9-,16-/m1/s1. The molecule has 2 atom stereocenters. The molecule has 1 aromatic carbocycles. The lowest BCUT2D eigenvalue weighted by Crippen LogP contribution is -2.32. The zero-order chi connectivity index (χ0) is 19.0. The van der Waals surface area contributed by atoms with Gasteiger partial charge in [-0.25, -0.2) is 18.0 Å². The molecule has 0 amide bonds. The highest BCUT2D eigenvalue weighted by Gasteiger charge is 2.42. The third kappa shape index (κ3) is 2.81. The maximum Gasteiger partial charge on any atom is 0.336 e. The summed E-state index contributed by atoms with van der Waals surface area (Å²) in [5, 5.41) is 2.80. The first-order valence-corrected chi connectivity index (χ1v) is 8.23. The van der Waals surface area contributed by atoms with Crippen molar-refractivity contribution >= 4 is 11.8 Å². The Kier molecular flexibility index (Phi) is 4.89. The Morgan fingerprint density at radius 3 is 2.73 bits per heavy atom. The summed E-state index contributed by atoms with van der Waals surface area (Å²) in [6, 6.07) is 3.95. The summed E-state index contributed by atoms with van der Waals surface area (Å²) < 4.78 is 46.9. The molecule has 1 aliphatic heterocycles. The van der Waals surface area contributed by atoms with Gasteiger partial charge in [0.15, 0.2) is 5.78 Å². The topological polar surface area (TPSA) is 55.4 Å². The zero-order valence-electron chi connectivity index (χ0n) is 14.4. The Bertz CT molecular complexity index is 842. The second-order valence-electron chi connectivity index (χ2n) is 6.25. The summed E-state index contributed by atoms with van der Waals surface area (Å²) in [4.78, 5) is 24.8. The highest BCUT2D eigenvalue weighted by atomic mass is 19.1. The molecule has 0 aromatic heterocycles. The molecule has 3 rings (SSSR count). The van der Waals surface area contributed by atoms with Crippen LogP contribution in [-0.2, 0) is 14.3 Å². The fraction of sp³-hybridized carbons (Fsp3) is 0.368. The van der Waals surface area contributed by atoms with Gasteiger partial charge in [0.05, 0.1) is 18.4 Å². The van der Waals surface area contributed by atoms with Crippen molar-refractivity contribution in [3.05, 3.63) is 57.7 Å². The summed E-state index contributed by atoms with van der Waals surface area (Å²) in [6.45, 7) is 0.175. The van der Waals surface area contributed by atoms with E-state index in [1.54, 1.807) is 0 Å². The van der Waals surface area contributed by atoms with E-state index in [1.165, 1.54) is 19.1 Å². The van der Waals surface area contributed by atoms with Crippen LogP contribution in [0.5, 0.6) is 0 Å². The van der Waals surface area contributed by atoms with Gasteiger partial charge >= 0.3 is 5.97 Å². The van der Waals surface area contributed by atoms with Crippen LogP contribution in [0.15, 0.2) is 40.7 Å². The van der Waals surface area contributed by atoms with Crippen molar-refractivity contribution < 1.29 is 27.5 Å². The largest absolute Gasteiger partial charge is 0.466 e. The number of halogens is 3. The number of ether oxygens (including phenoxy) is 1. The predicted molar refractivity (Wildman–Crippen MR) is 88.1 cm³/mol. The SMILES string of the molecule is COC(=O)C1=C(CF)NC2=C(C(=O)CC2)[C@H]1c1cccc(F)c1[C@@H](C)F. The Morgan fingerprint density at radius 1 is 1.38 bits per heavy atom. The molecule has 0 unspecified atom stereocenters. The van der Waals surface area contributed by atoms with Crippen LogP contribution in [0.1, 0.15) is 43.0 Å². The van der Waals surface area contributed by atoms with E-state index in [-0.39, 0.29) is 40.2 Å². The van der Waals surface area contributed by atoms with E-state index < -0.39 is 30.6 Å². The first-order valence-electron chi connectivity index (χ1n) is 8.23. The van der Waals surface area contributed by atoms with Crippen LogP contribution in [0.2, 0.25) is 0 Å². The third-order valence-electron chi connectivity index (χ3n) is 4.77. The average molecular weight is 365 g/mol. The number of rotatable bonds is 4. The van der Waals surface area contributed by atoms with Gasteiger partial charge in [0, 0.05) is 29.2 Å². The third-order valence-corrected chi connectivity index (χ3v) is 4.77. The number of carbonyl (C=O) groups is 2. The van der Waals surface area contributed by atoms with Gasteiger partial charge in [-0.15, -0.1) is 0 Å². The zero-order valence-corrected chi connectivity index (χ0v) is 14.4. The number of dihydropyridines is 1. The van der Waals surface area contributed by atoms with Crippen LogP contribution in [0, 0.1) is 5.82 Å². The summed E-state index contributed by atoms with van der Waals surface area (Å²) in [6.07, 6.45) is -1.12. The Labute approximate surface area is 148 Å². The van der Waals surface area contributed by atoms with E-state index in [4.69, 9.17) is 4.74 Å². The summed E-state index contributed by atoms with van der Waals surface area (Å²) >= 11 is 0. The summed E-state index contributed by atoms with van der Waals surface area (Å²) in [7, 11) is 1.13. The minimum absolute atomic E-state index is 0.0444. The fourth-order valence-corrected chi connectivity index (χ4v) is 3.70. The molecular formula is C19H18F3NO3. The molecule has 7 heteroatoms. The normalized spacial score (nSPS) is 20.8. The number of nitrogens with one attached hydrogen (secondary N) is 1. The molecule has 1 N–H and O–H groups in total. The minimum atomic E-state index is -1.67. The number of esters is 1. The smallest absolute Gasteiger partial charge is 0.336 e. The Morgan fingerprint density at radius 2 is 2.12 bits per heavy atom. The van der Waals surface area contributed by atoms with E-state index in [9.17, 15) is 22.8 Å². The van der Waals surface area contributed by atoms with Crippen molar-refractivity contribution in [1.29, 1.82) is 0 Å². The maximum absolute atomic E-state index is 14.3.